The molecule has 0 unspecified atom stereocenters. The van der Waals surface area contributed by atoms with E-state index < -0.39 is 34.8 Å². The fourth-order valence-corrected chi connectivity index (χ4v) is 8.32. The number of esters is 2. The first kappa shape index (κ1) is 50.5. The van der Waals surface area contributed by atoms with Gasteiger partial charge in [0.05, 0.1) is 12.2 Å². The summed E-state index contributed by atoms with van der Waals surface area (Å²) in [7, 11) is -4.17. The Kier molecular flexibility index (Phi) is 20.5. The number of aliphatic hydroxyl groups is 1. The lowest BCUT2D eigenvalue weighted by Crippen LogP contribution is -2.48. The lowest BCUT2D eigenvalue weighted by Gasteiger charge is -2.41. The first-order valence-electron chi connectivity index (χ1n) is 20.3. The molecular weight excluding hydrogens is 721 g/mol. The molecule has 0 radical (unpaired) electrons. The van der Waals surface area contributed by atoms with E-state index in [4.69, 9.17) is 18.3 Å². The Morgan fingerprint density at radius 1 is 0.927 bits per heavy atom. The molecule has 9 heteroatoms. The molecular formula is C46H78O7Si2. The smallest absolute Gasteiger partial charge is 0.331 e. The molecule has 312 valence electrons. The predicted molar refractivity (Wildman–Crippen MR) is 236 cm³/mol. The fraction of sp³-hybridized carbons (Fsp3) is 0.652. The summed E-state index contributed by atoms with van der Waals surface area (Å²) in [5, 5.41) is 11.6. The minimum absolute atomic E-state index is 0.00330. The molecule has 0 amide bonds. The van der Waals surface area contributed by atoms with Gasteiger partial charge in [0, 0.05) is 31.4 Å². The van der Waals surface area contributed by atoms with Crippen molar-refractivity contribution in [2.75, 3.05) is 0 Å². The van der Waals surface area contributed by atoms with Crippen LogP contribution < -0.4 is 0 Å². The van der Waals surface area contributed by atoms with E-state index in [9.17, 15) is 14.7 Å². The van der Waals surface area contributed by atoms with E-state index in [0.29, 0.717) is 25.7 Å². The van der Waals surface area contributed by atoms with E-state index >= 15 is 0 Å². The van der Waals surface area contributed by atoms with Crippen LogP contribution in [-0.2, 0) is 27.9 Å². The van der Waals surface area contributed by atoms with E-state index in [-0.39, 0.29) is 46.7 Å². The zero-order valence-electron chi connectivity index (χ0n) is 37.5. The van der Waals surface area contributed by atoms with Crippen molar-refractivity contribution < 1.29 is 33.0 Å². The number of hydrogen-bond donors (Lipinski definition) is 1. The van der Waals surface area contributed by atoms with Crippen LogP contribution in [-0.4, -0.2) is 64.2 Å². The SMILES string of the molecule is C=C(C)[C@H]1C/C=C/C[C@H](C)[C@@H](OC(=O)/C=C/C(C)=C/C(C)=C/C=C/C(C)=C/[C@H](O[Si](C)(C)C(C)(C)C)[C@@H](O)C[C@H](C)O[Si](C)(C)C(C)(C)C)CCCC(=O)O1. The first-order valence-corrected chi connectivity index (χ1v) is 26.1. The largest absolute Gasteiger partial charge is 0.459 e. The van der Waals surface area contributed by atoms with Gasteiger partial charge in [-0.25, -0.2) is 4.79 Å². The number of hydrogen-bond acceptors (Lipinski definition) is 7. The van der Waals surface area contributed by atoms with Gasteiger partial charge in [0.15, 0.2) is 16.6 Å². The van der Waals surface area contributed by atoms with Crippen LogP contribution in [0.1, 0.15) is 122 Å². The fourth-order valence-electron chi connectivity index (χ4n) is 5.61. The predicted octanol–water partition coefficient (Wildman–Crippen LogP) is 12.0. The van der Waals surface area contributed by atoms with E-state index in [1.165, 1.54) is 6.08 Å². The maximum atomic E-state index is 12.9. The highest BCUT2D eigenvalue weighted by Gasteiger charge is 2.42. The molecule has 0 saturated carbocycles. The summed E-state index contributed by atoms with van der Waals surface area (Å²) in [6.45, 7) is 38.2. The van der Waals surface area contributed by atoms with E-state index in [1.807, 2.05) is 64.2 Å². The van der Waals surface area contributed by atoms with Gasteiger partial charge in [-0.15, -0.1) is 0 Å². The normalized spacial score (nSPS) is 23.1. The Labute approximate surface area is 338 Å². The van der Waals surface area contributed by atoms with Crippen LogP contribution in [0.4, 0.5) is 0 Å². The van der Waals surface area contributed by atoms with Gasteiger partial charge in [0.2, 0.25) is 0 Å². The van der Waals surface area contributed by atoms with E-state index in [0.717, 1.165) is 28.7 Å². The molecule has 0 spiro atoms. The van der Waals surface area contributed by atoms with Crippen molar-refractivity contribution in [1.82, 2.24) is 0 Å². The highest BCUT2D eigenvalue weighted by atomic mass is 28.4. The maximum Gasteiger partial charge on any atom is 0.331 e. The van der Waals surface area contributed by atoms with Crippen molar-refractivity contribution in [1.29, 1.82) is 0 Å². The molecule has 0 aromatic carbocycles. The summed E-state index contributed by atoms with van der Waals surface area (Å²) in [6.07, 6.45) is 18.9. The van der Waals surface area contributed by atoms with Gasteiger partial charge >= 0.3 is 11.9 Å². The number of allylic oxidation sites excluding steroid dienone is 9. The summed E-state index contributed by atoms with van der Waals surface area (Å²) in [5.41, 5.74) is 3.76. The second kappa shape index (κ2) is 22.4. The van der Waals surface area contributed by atoms with E-state index in [2.05, 4.69) is 94.2 Å². The van der Waals surface area contributed by atoms with Crippen LogP contribution in [0.25, 0.3) is 0 Å². The quantitative estimate of drug-likeness (QED) is 0.0580. The first-order chi connectivity index (χ1) is 25.1. The molecule has 0 aromatic rings. The Hall–Kier alpha value is -2.57. The third kappa shape index (κ3) is 19.0. The van der Waals surface area contributed by atoms with Crippen molar-refractivity contribution in [3.63, 3.8) is 0 Å². The summed E-state index contributed by atoms with van der Waals surface area (Å²) >= 11 is 0. The number of carbonyl (C=O) groups excluding carboxylic acids is 2. The van der Waals surface area contributed by atoms with Crippen LogP contribution in [0.3, 0.4) is 0 Å². The van der Waals surface area contributed by atoms with Crippen LogP contribution >= 0.6 is 0 Å². The van der Waals surface area contributed by atoms with Crippen molar-refractivity contribution in [2.24, 2.45) is 5.92 Å². The molecule has 0 fully saturated rings. The molecule has 1 aliphatic heterocycles. The van der Waals surface area contributed by atoms with Gasteiger partial charge in [-0.3, -0.25) is 4.79 Å². The Morgan fingerprint density at radius 3 is 2.09 bits per heavy atom. The lowest BCUT2D eigenvalue weighted by atomic mass is 9.95. The Balaban J connectivity index is 3.03. The molecule has 55 heavy (non-hydrogen) atoms. The number of rotatable bonds is 15. The minimum atomic E-state index is -2.19. The van der Waals surface area contributed by atoms with Crippen molar-refractivity contribution in [3.8, 4) is 0 Å². The highest BCUT2D eigenvalue weighted by molar-refractivity contribution is 6.74. The molecule has 1 heterocycles. The van der Waals surface area contributed by atoms with Crippen molar-refractivity contribution in [2.45, 2.75) is 188 Å². The number of cyclic esters (lactones) is 1. The molecule has 1 aliphatic rings. The third-order valence-corrected chi connectivity index (χ3v) is 20.3. The minimum Gasteiger partial charge on any atom is -0.459 e. The Bertz CT molecular complexity index is 1450. The molecule has 7 nitrogen and oxygen atoms in total. The van der Waals surface area contributed by atoms with Crippen LogP contribution in [0.15, 0.2) is 83.6 Å². The summed E-state index contributed by atoms with van der Waals surface area (Å²) in [4.78, 5) is 25.3. The monoisotopic (exact) mass is 799 g/mol. The number of carbonyl (C=O) groups is 2. The lowest BCUT2D eigenvalue weighted by molar-refractivity contribution is -0.148. The zero-order chi connectivity index (χ0) is 42.4. The van der Waals surface area contributed by atoms with Gasteiger partial charge in [0.25, 0.3) is 0 Å². The van der Waals surface area contributed by atoms with Gasteiger partial charge in [-0.1, -0.05) is 120 Å². The van der Waals surface area contributed by atoms with Crippen LogP contribution in [0.5, 0.6) is 0 Å². The average Bonchev–Trinajstić information content (AvgIpc) is 3.02. The molecule has 1 rings (SSSR count). The summed E-state index contributed by atoms with van der Waals surface area (Å²) < 4.78 is 24.9. The number of aliphatic hydroxyl groups excluding tert-OH is 1. The molecule has 1 N–H and O–H groups in total. The van der Waals surface area contributed by atoms with E-state index in [1.54, 1.807) is 6.08 Å². The Morgan fingerprint density at radius 2 is 1.51 bits per heavy atom. The maximum absolute atomic E-state index is 12.9. The average molecular weight is 799 g/mol. The van der Waals surface area contributed by atoms with Gasteiger partial charge in [-0.05, 0) is 102 Å². The molecule has 0 aliphatic carbocycles. The standard InChI is InChI=1S/C46H78O7Si2/c1-33(2)40-25-19-18-24-37(6)41(26-21-27-43(48)50-40)51-44(49)29-28-36(5)30-34(3)22-20-23-35(4)31-42(53-55(16,17)46(11,12)13)39(47)32-38(7)52-54(14,15)45(8,9)10/h18-20,22-23,28-31,37-42,47H,1,21,24-27,32H2,2-17H3/b19-18+,23-20+,29-28+,34-22+,35-31+,36-30+/t37-,38-,39-,40+,41-,42-/m0/s1. The zero-order valence-corrected chi connectivity index (χ0v) is 39.5. The second-order valence-corrected chi connectivity index (χ2v) is 28.4. The second-order valence-electron chi connectivity index (χ2n) is 18.8. The van der Waals surface area contributed by atoms with Gasteiger partial charge in [-0.2, -0.15) is 0 Å². The van der Waals surface area contributed by atoms with Gasteiger partial charge < -0.3 is 23.4 Å². The summed E-state index contributed by atoms with van der Waals surface area (Å²) in [6, 6.07) is 0. The van der Waals surface area contributed by atoms with Crippen LogP contribution in [0, 0.1) is 5.92 Å². The summed E-state index contributed by atoms with van der Waals surface area (Å²) in [5.74, 6) is -0.539. The molecule has 0 saturated heterocycles. The third-order valence-electron chi connectivity index (χ3n) is 11.2. The number of ether oxygens (including phenoxy) is 2. The molecule has 0 bridgehead atoms. The molecule has 6 atom stereocenters. The van der Waals surface area contributed by atoms with Crippen molar-refractivity contribution >= 4 is 28.6 Å². The van der Waals surface area contributed by atoms with Crippen molar-refractivity contribution in [3.05, 3.63) is 83.6 Å². The highest BCUT2D eigenvalue weighted by Crippen LogP contribution is 2.39. The molecule has 0 aromatic heterocycles. The van der Waals surface area contributed by atoms with Gasteiger partial charge in [0.1, 0.15) is 12.2 Å². The van der Waals surface area contributed by atoms with Crippen LogP contribution in [0.2, 0.25) is 36.3 Å². The topological polar surface area (TPSA) is 91.3 Å².